The maximum absolute atomic E-state index is 12.5. The van der Waals surface area contributed by atoms with Gasteiger partial charge >= 0.3 is 0 Å². The number of thioether (sulfide) groups is 1. The molecular weight excluding hydrogens is 290 g/mol. The van der Waals surface area contributed by atoms with E-state index >= 15 is 0 Å². The van der Waals surface area contributed by atoms with Gasteiger partial charge in [0.1, 0.15) is 0 Å². The Morgan fingerprint density at radius 3 is 2.45 bits per heavy atom. The largest absolute Gasteiger partial charge is 0.342 e. The monoisotopic (exact) mass is 311 g/mol. The highest BCUT2D eigenvalue weighted by atomic mass is 35.5. The molecule has 1 saturated carbocycles. The third-order valence-electron chi connectivity index (χ3n) is 3.94. The van der Waals surface area contributed by atoms with E-state index in [1.807, 2.05) is 43.1 Å². The van der Waals surface area contributed by atoms with Gasteiger partial charge in [0, 0.05) is 23.0 Å². The number of rotatable bonds is 4. The highest BCUT2D eigenvalue weighted by molar-refractivity contribution is 8.00. The second-order valence-corrected chi connectivity index (χ2v) is 7.31. The van der Waals surface area contributed by atoms with Crippen molar-refractivity contribution in [2.45, 2.75) is 55.2 Å². The van der Waals surface area contributed by atoms with Gasteiger partial charge in [0.15, 0.2) is 0 Å². The highest BCUT2D eigenvalue weighted by Gasteiger charge is 2.25. The molecule has 0 aliphatic heterocycles. The van der Waals surface area contributed by atoms with Crippen LogP contribution in [0.1, 0.15) is 39.0 Å². The van der Waals surface area contributed by atoms with Crippen molar-refractivity contribution in [3.63, 3.8) is 0 Å². The first-order valence-electron chi connectivity index (χ1n) is 7.27. The number of nitrogens with zero attached hydrogens (tertiary/aromatic N) is 1. The molecule has 1 amide bonds. The molecule has 1 fully saturated rings. The number of benzene rings is 1. The van der Waals surface area contributed by atoms with E-state index in [4.69, 9.17) is 11.6 Å². The average Bonchev–Trinajstić information content (AvgIpc) is 2.49. The quantitative estimate of drug-likeness (QED) is 0.757. The van der Waals surface area contributed by atoms with E-state index in [1.165, 1.54) is 19.3 Å². The summed E-state index contributed by atoms with van der Waals surface area (Å²) in [6.45, 7) is 1.99. The van der Waals surface area contributed by atoms with Crippen LogP contribution in [0.4, 0.5) is 0 Å². The van der Waals surface area contributed by atoms with Gasteiger partial charge in [-0.1, -0.05) is 30.9 Å². The van der Waals surface area contributed by atoms with Gasteiger partial charge in [-0.25, -0.2) is 0 Å². The topological polar surface area (TPSA) is 20.3 Å². The van der Waals surface area contributed by atoms with Crippen molar-refractivity contribution in [2.75, 3.05) is 7.05 Å². The molecule has 1 aromatic carbocycles. The van der Waals surface area contributed by atoms with Gasteiger partial charge < -0.3 is 4.90 Å². The van der Waals surface area contributed by atoms with Gasteiger partial charge in [-0.3, -0.25) is 4.79 Å². The summed E-state index contributed by atoms with van der Waals surface area (Å²) in [4.78, 5) is 15.5. The number of hydrogen-bond acceptors (Lipinski definition) is 2. The van der Waals surface area contributed by atoms with Crippen molar-refractivity contribution in [1.29, 1.82) is 0 Å². The van der Waals surface area contributed by atoms with Crippen LogP contribution < -0.4 is 0 Å². The van der Waals surface area contributed by atoms with Crippen molar-refractivity contribution < 1.29 is 4.79 Å². The maximum Gasteiger partial charge on any atom is 0.235 e. The third-order valence-corrected chi connectivity index (χ3v) is 5.30. The number of carbonyl (C=O) groups is 1. The van der Waals surface area contributed by atoms with E-state index in [1.54, 1.807) is 11.8 Å². The van der Waals surface area contributed by atoms with Crippen molar-refractivity contribution in [3.05, 3.63) is 29.3 Å². The Kier molecular flexibility index (Phi) is 5.79. The maximum atomic E-state index is 12.5. The fraction of sp³-hybridized carbons (Fsp3) is 0.562. The standard InChI is InChI=1S/C16H22ClNOS/c1-12(20-15-10-8-13(17)9-11-15)16(19)18(2)14-6-4-3-5-7-14/h8-12,14H,3-7H2,1-2H3/t12-/m0/s1. The fourth-order valence-electron chi connectivity index (χ4n) is 2.70. The van der Waals surface area contributed by atoms with Crippen LogP contribution in [0, 0.1) is 0 Å². The lowest BCUT2D eigenvalue weighted by molar-refractivity contribution is -0.131. The van der Waals surface area contributed by atoms with Crippen molar-refractivity contribution >= 4 is 29.3 Å². The number of hydrogen-bond donors (Lipinski definition) is 0. The molecule has 0 unspecified atom stereocenters. The zero-order chi connectivity index (χ0) is 14.5. The molecule has 2 rings (SSSR count). The van der Waals surface area contributed by atoms with Crippen LogP contribution in [0.15, 0.2) is 29.2 Å². The Labute approximate surface area is 130 Å². The van der Waals surface area contributed by atoms with Crippen molar-refractivity contribution in [3.8, 4) is 0 Å². The molecule has 2 nitrogen and oxygen atoms in total. The van der Waals surface area contributed by atoms with Crippen LogP contribution in [-0.4, -0.2) is 29.1 Å². The molecule has 0 spiro atoms. The average molecular weight is 312 g/mol. The number of amides is 1. The number of halogens is 1. The van der Waals surface area contributed by atoms with Gasteiger partial charge in [-0.05, 0) is 44.0 Å². The van der Waals surface area contributed by atoms with Gasteiger partial charge in [0.25, 0.3) is 0 Å². The normalized spacial score (nSPS) is 17.8. The molecule has 4 heteroatoms. The van der Waals surface area contributed by atoms with Crippen molar-refractivity contribution in [1.82, 2.24) is 4.90 Å². The summed E-state index contributed by atoms with van der Waals surface area (Å²) < 4.78 is 0. The molecular formula is C16H22ClNOS. The molecule has 1 aliphatic carbocycles. The lowest BCUT2D eigenvalue weighted by Gasteiger charge is -2.32. The minimum atomic E-state index is -0.0527. The summed E-state index contributed by atoms with van der Waals surface area (Å²) in [6.07, 6.45) is 6.12. The van der Waals surface area contributed by atoms with Gasteiger partial charge in [-0.2, -0.15) is 0 Å². The smallest absolute Gasteiger partial charge is 0.235 e. The Bertz CT molecular complexity index is 442. The van der Waals surface area contributed by atoms with Crippen LogP contribution in [0.3, 0.4) is 0 Å². The molecule has 0 radical (unpaired) electrons. The van der Waals surface area contributed by atoms with Crippen LogP contribution in [0.5, 0.6) is 0 Å². The molecule has 0 bridgehead atoms. The van der Waals surface area contributed by atoms with Gasteiger partial charge in [-0.15, -0.1) is 11.8 Å². The molecule has 0 aromatic heterocycles. The first-order valence-corrected chi connectivity index (χ1v) is 8.52. The molecule has 20 heavy (non-hydrogen) atoms. The molecule has 110 valence electrons. The summed E-state index contributed by atoms with van der Waals surface area (Å²) in [5, 5.41) is 0.677. The third kappa shape index (κ3) is 4.16. The Morgan fingerprint density at radius 2 is 1.85 bits per heavy atom. The fourth-order valence-corrected chi connectivity index (χ4v) is 3.80. The van der Waals surface area contributed by atoms with Crippen LogP contribution in [-0.2, 0) is 4.79 Å². The lowest BCUT2D eigenvalue weighted by Crippen LogP contribution is -2.42. The van der Waals surface area contributed by atoms with E-state index < -0.39 is 0 Å². The zero-order valence-electron chi connectivity index (χ0n) is 12.1. The minimum absolute atomic E-state index is 0.0527. The summed E-state index contributed by atoms with van der Waals surface area (Å²) in [7, 11) is 1.96. The molecule has 0 heterocycles. The zero-order valence-corrected chi connectivity index (χ0v) is 13.7. The first-order chi connectivity index (χ1) is 9.58. The summed E-state index contributed by atoms with van der Waals surface area (Å²) in [5.74, 6) is 0.233. The second kappa shape index (κ2) is 7.37. The van der Waals surface area contributed by atoms with Crippen LogP contribution in [0.2, 0.25) is 5.02 Å². The second-order valence-electron chi connectivity index (χ2n) is 5.45. The van der Waals surface area contributed by atoms with E-state index in [-0.39, 0.29) is 11.2 Å². The summed E-state index contributed by atoms with van der Waals surface area (Å²) in [6, 6.07) is 8.11. The molecule has 1 aromatic rings. The lowest BCUT2D eigenvalue weighted by atomic mass is 9.94. The molecule has 1 aliphatic rings. The van der Waals surface area contributed by atoms with E-state index in [2.05, 4.69) is 0 Å². The van der Waals surface area contributed by atoms with E-state index in [9.17, 15) is 4.79 Å². The minimum Gasteiger partial charge on any atom is -0.342 e. The number of carbonyl (C=O) groups excluding carboxylic acids is 1. The Hall–Kier alpha value is -0.670. The van der Waals surface area contributed by atoms with Gasteiger partial charge in [0.05, 0.1) is 5.25 Å². The van der Waals surface area contributed by atoms with Crippen LogP contribution in [0.25, 0.3) is 0 Å². The summed E-state index contributed by atoms with van der Waals surface area (Å²) in [5.41, 5.74) is 0. The molecule has 0 N–H and O–H groups in total. The van der Waals surface area contributed by atoms with Gasteiger partial charge in [0.2, 0.25) is 5.91 Å². The highest BCUT2D eigenvalue weighted by Crippen LogP contribution is 2.28. The van der Waals surface area contributed by atoms with E-state index in [0.29, 0.717) is 6.04 Å². The first kappa shape index (κ1) is 15.7. The van der Waals surface area contributed by atoms with Crippen molar-refractivity contribution in [2.24, 2.45) is 0 Å². The molecule has 1 atom stereocenters. The predicted octanol–water partition coefficient (Wildman–Crippen LogP) is 4.61. The SMILES string of the molecule is C[C@H](Sc1ccc(Cl)cc1)C(=O)N(C)C1CCCCC1. The predicted molar refractivity (Wildman–Crippen MR) is 86.4 cm³/mol. The Balaban J connectivity index is 1.92. The summed E-state index contributed by atoms with van der Waals surface area (Å²) >= 11 is 7.48. The molecule has 0 saturated heterocycles. The van der Waals surface area contributed by atoms with E-state index in [0.717, 1.165) is 22.8 Å². The Morgan fingerprint density at radius 1 is 1.25 bits per heavy atom. The van der Waals surface area contributed by atoms with Crippen LogP contribution >= 0.6 is 23.4 Å².